The van der Waals surface area contributed by atoms with Crippen LogP contribution < -0.4 is 5.32 Å². The average Bonchev–Trinajstić information content (AvgIpc) is 1.76. The van der Waals surface area contributed by atoms with Crippen molar-refractivity contribution in [3.05, 3.63) is 12.3 Å². The minimum absolute atomic E-state index is 0. The molecule has 0 aromatic rings. The number of rotatable bonds is 0. The van der Waals surface area contributed by atoms with Crippen LogP contribution >= 0.6 is 0 Å². The largest absolute Gasteiger partial charge is 0.391 e. The molecule has 0 saturated heterocycles. The fourth-order valence-electron chi connectivity index (χ4n) is 0.417. The summed E-state index contributed by atoms with van der Waals surface area (Å²) in [6, 6.07) is 0. The first-order valence-electron chi connectivity index (χ1n) is 1.88. The molecule has 0 spiro atoms. The number of nitrogens with one attached hydrogen (secondary N) is 1. The smallest absolute Gasteiger partial charge is 0.0176 e. The Bertz CT molecular complexity index is 45.5. The van der Waals surface area contributed by atoms with Gasteiger partial charge in [0.1, 0.15) is 0 Å². The van der Waals surface area contributed by atoms with Gasteiger partial charge in [-0.3, -0.25) is 0 Å². The summed E-state index contributed by atoms with van der Waals surface area (Å²) in [6.07, 6.45) is 5.32. The molecule has 1 aliphatic heterocycles. The summed E-state index contributed by atoms with van der Waals surface area (Å²) in [7, 11) is 0. The number of hydrogen-bond acceptors (Lipinski definition) is 1. The van der Waals surface area contributed by atoms with Crippen molar-refractivity contribution >= 4 is 29.6 Å². The SMILES string of the molecule is C1=CNCC1.[Na]. The molecule has 1 aliphatic rings. The quantitative estimate of drug-likeness (QED) is 0.418. The van der Waals surface area contributed by atoms with Crippen LogP contribution in [0.2, 0.25) is 0 Å². The summed E-state index contributed by atoms with van der Waals surface area (Å²) in [5.74, 6) is 0. The predicted molar refractivity (Wildman–Crippen MR) is 27.5 cm³/mol. The molecule has 6 heavy (non-hydrogen) atoms. The van der Waals surface area contributed by atoms with E-state index in [-0.39, 0.29) is 29.6 Å². The number of hydrogen-bond donors (Lipinski definition) is 1. The molecule has 0 amide bonds. The molecule has 0 fully saturated rings. The van der Waals surface area contributed by atoms with Crippen LogP contribution in [0.15, 0.2) is 12.3 Å². The van der Waals surface area contributed by atoms with Gasteiger partial charge in [-0.2, -0.15) is 0 Å². The molecule has 1 rings (SSSR count). The van der Waals surface area contributed by atoms with Crippen LogP contribution in [-0.4, -0.2) is 36.1 Å². The second kappa shape index (κ2) is 3.72. The first-order valence-corrected chi connectivity index (χ1v) is 1.88. The van der Waals surface area contributed by atoms with Crippen LogP contribution in [0.25, 0.3) is 0 Å². The van der Waals surface area contributed by atoms with Gasteiger partial charge < -0.3 is 5.32 Å². The van der Waals surface area contributed by atoms with Crippen molar-refractivity contribution in [3.8, 4) is 0 Å². The predicted octanol–water partition coefficient (Wildman–Crippen LogP) is 0.113. The molecular formula is C4H7NNa. The van der Waals surface area contributed by atoms with Crippen LogP contribution in [0.3, 0.4) is 0 Å². The van der Waals surface area contributed by atoms with Gasteiger partial charge in [-0.15, -0.1) is 0 Å². The Morgan fingerprint density at radius 1 is 1.50 bits per heavy atom. The Kier molecular flexibility index (Phi) is 4.06. The molecule has 0 unspecified atom stereocenters. The summed E-state index contributed by atoms with van der Waals surface area (Å²) in [6.45, 7) is 1.14. The van der Waals surface area contributed by atoms with Crippen LogP contribution in [0, 0.1) is 0 Å². The van der Waals surface area contributed by atoms with E-state index in [1.807, 2.05) is 6.20 Å². The van der Waals surface area contributed by atoms with E-state index in [9.17, 15) is 0 Å². The second-order valence-electron chi connectivity index (χ2n) is 1.15. The van der Waals surface area contributed by atoms with E-state index in [4.69, 9.17) is 0 Å². The van der Waals surface area contributed by atoms with Crippen molar-refractivity contribution in [1.82, 2.24) is 5.32 Å². The van der Waals surface area contributed by atoms with E-state index in [2.05, 4.69) is 11.4 Å². The van der Waals surface area contributed by atoms with Gasteiger partial charge in [0, 0.05) is 36.1 Å². The molecule has 1 heterocycles. The molecule has 0 atom stereocenters. The minimum Gasteiger partial charge on any atom is -0.391 e. The molecular weight excluding hydrogens is 85.0 g/mol. The zero-order chi connectivity index (χ0) is 3.54. The third-order valence-corrected chi connectivity index (χ3v) is 0.691. The standard InChI is InChI=1S/C4H7N.Na/c1-2-4-5-3-1;/h1,3,5H,2,4H2;. The van der Waals surface area contributed by atoms with E-state index in [0.717, 1.165) is 6.54 Å². The van der Waals surface area contributed by atoms with E-state index in [1.54, 1.807) is 0 Å². The Labute approximate surface area is 60.1 Å². The van der Waals surface area contributed by atoms with Crippen molar-refractivity contribution in [3.63, 3.8) is 0 Å². The minimum atomic E-state index is 0. The van der Waals surface area contributed by atoms with Crippen LogP contribution in [0.5, 0.6) is 0 Å². The van der Waals surface area contributed by atoms with Gasteiger partial charge in [0.2, 0.25) is 0 Å². The first-order chi connectivity index (χ1) is 2.50. The van der Waals surface area contributed by atoms with Crippen LogP contribution in [-0.2, 0) is 0 Å². The maximum atomic E-state index is 3.04. The van der Waals surface area contributed by atoms with Gasteiger partial charge in [-0.05, 0) is 12.6 Å². The molecule has 0 aromatic heterocycles. The zero-order valence-electron chi connectivity index (χ0n) is 4.07. The Hall–Kier alpha value is 0.540. The van der Waals surface area contributed by atoms with Gasteiger partial charge in [0.25, 0.3) is 0 Å². The molecule has 0 aliphatic carbocycles. The van der Waals surface area contributed by atoms with Crippen LogP contribution in [0.4, 0.5) is 0 Å². The fraction of sp³-hybridized carbons (Fsp3) is 0.500. The molecule has 2 heteroatoms. The van der Waals surface area contributed by atoms with Crippen molar-refractivity contribution in [1.29, 1.82) is 0 Å². The summed E-state index contributed by atoms with van der Waals surface area (Å²) < 4.78 is 0. The molecule has 0 bridgehead atoms. The molecule has 1 N–H and O–H groups in total. The topological polar surface area (TPSA) is 12.0 Å². The van der Waals surface area contributed by atoms with Gasteiger partial charge >= 0.3 is 0 Å². The maximum absolute atomic E-state index is 3.04. The van der Waals surface area contributed by atoms with Gasteiger partial charge in [-0.1, -0.05) is 6.08 Å². The summed E-state index contributed by atoms with van der Waals surface area (Å²) in [4.78, 5) is 0. The molecule has 1 radical (unpaired) electrons. The van der Waals surface area contributed by atoms with E-state index >= 15 is 0 Å². The molecule has 1 nitrogen and oxygen atoms in total. The van der Waals surface area contributed by atoms with E-state index < -0.39 is 0 Å². The molecule has 29 valence electrons. The molecule has 0 aromatic carbocycles. The van der Waals surface area contributed by atoms with E-state index in [0.29, 0.717) is 0 Å². The van der Waals surface area contributed by atoms with Gasteiger partial charge in [-0.25, -0.2) is 0 Å². The summed E-state index contributed by atoms with van der Waals surface area (Å²) in [5, 5.41) is 3.04. The Morgan fingerprint density at radius 2 is 2.33 bits per heavy atom. The Morgan fingerprint density at radius 3 is 2.50 bits per heavy atom. The van der Waals surface area contributed by atoms with E-state index in [1.165, 1.54) is 6.42 Å². The third kappa shape index (κ3) is 1.85. The van der Waals surface area contributed by atoms with Gasteiger partial charge in [0.05, 0.1) is 0 Å². The summed E-state index contributed by atoms with van der Waals surface area (Å²) in [5.41, 5.74) is 0. The van der Waals surface area contributed by atoms with Crippen molar-refractivity contribution < 1.29 is 0 Å². The normalized spacial score (nSPS) is 16.0. The molecule has 0 saturated carbocycles. The van der Waals surface area contributed by atoms with Crippen LogP contribution in [0.1, 0.15) is 6.42 Å². The maximum Gasteiger partial charge on any atom is 0.0176 e. The Balaban J connectivity index is 0.000000250. The van der Waals surface area contributed by atoms with Gasteiger partial charge in [0.15, 0.2) is 0 Å². The van der Waals surface area contributed by atoms with Crippen molar-refractivity contribution in [2.24, 2.45) is 0 Å². The zero-order valence-corrected chi connectivity index (χ0v) is 6.07. The first kappa shape index (κ1) is 6.54. The monoisotopic (exact) mass is 92.0 g/mol. The fourth-order valence-corrected chi connectivity index (χ4v) is 0.417. The van der Waals surface area contributed by atoms with Crippen molar-refractivity contribution in [2.45, 2.75) is 6.42 Å². The average molecular weight is 92.1 g/mol. The van der Waals surface area contributed by atoms with Crippen molar-refractivity contribution in [2.75, 3.05) is 6.54 Å². The summed E-state index contributed by atoms with van der Waals surface area (Å²) >= 11 is 0. The second-order valence-corrected chi connectivity index (χ2v) is 1.15. The third-order valence-electron chi connectivity index (χ3n) is 0.691.